The molecule has 0 rings (SSSR count). The van der Waals surface area contributed by atoms with E-state index in [1.807, 2.05) is 10.6 Å². The van der Waals surface area contributed by atoms with Gasteiger partial charge in [0.1, 0.15) is 12.6 Å². The summed E-state index contributed by atoms with van der Waals surface area (Å²) < 4.78 is 0. The smallest absolute Gasteiger partial charge is 0.326 e. The van der Waals surface area contributed by atoms with E-state index in [1.54, 1.807) is 0 Å². The Bertz CT molecular complexity index is 369. The first kappa shape index (κ1) is 22.0. The lowest BCUT2D eigenvalue weighted by Crippen LogP contribution is -2.47. The van der Waals surface area contributed by atoms with Crippen LogP contribution in [0.2, 0.25) is 0 Å². The molecule has 0 aromatic heterocycles. The Morgan fingerprint density at radius 2 is 1.50 bits per heavy atom. The molecule has 9 nitrogen and oxygen atoms in total. The predicted molar refractivity (Wildman–Crippen MR) is 77.7 cm³/mol. The van der Waals surface area contributed by atoms with Crippen LogP contribution in [0, 0.1) is 0 Å². The number of hydrogen-bond donors (Lipinski definition) is 5. The van der Waals surface area contributed by atoms with Gasteiger partial charge in [0, 0.05) is 6.42 Å². The third-order valence-corrected chi connectivity index (χ3v) is 2.36. The van der Waals surface area contributed by atoms with E-state index in [4.69, 9.17) is 15.3 Å². The van der Waals surface area contributed by atoms with Crippen molar-refractivity contribution in [3.63, 3.8) is 0 Å². The highest BCUT2D eigenvalue weighted by Gasteiger charge is 2.20. The maximum absolute atomic E-state index is 11.0. The molecule has 1 atom stereocenters. The molecule has 2 amide bonds. The highest BCUT2D eigenvalue weighted by atomic mass is 16.4. The van der Waals surface area contributed by atoms with Crippen LogP contribution in [0.4, 0.5) is 4.79 Å². The second kappa shape index (κ2) is 13.7. The van der Waals surface area contributed by atoms with E-state index in [1.165, 1.54) is 19.3 Å². The average Bonchev–Trinajstić information content (AvgIpc) is 2.42. The molecule has 0 radical (unpaired) electrons. The van der Waals surface area contributed by atoms with Gasteiger partial charge in [0.15, 0.2) is 0 Å². The van der Waals surface area contributed by atoms with Crippen molar-refractivity contribution in [1.29, 1.82) is 0 Å². The lowest BCUT2D eigenvalue weighted by atomic mass is 10.1. The van der Waals surface area contributed by atoms with Crippen molar-refractivity contribution in [2.45, 2.75) is 52.0 Å². The average molecular weight is 320 g/mol. The minimum Gasteiger partial charge on any atom is -0.481 e. The fourth-order valence-electron chi connectivity index (χ4n) is 1.24. The molecule has 0 aromatic rings. The maximum atomic E-state index is 11.0. The SMILES string of the molecule is CCCCC.O=C(O)CC[C@H](NC(=O)NCC(=O)O)C(=O)O. The topological polar surface area (TPSA) is 153 Å². The molecule has 0 aliphatic carbocycles. The van der Waals surface area contributed by atoms with E-state index in [0.717, 1.165) is 0 Å². The number of urea groups is 1. The van der Waals surface area contributed by atoms with Gasteiger partial charge in [-0.3, -0.25) is 9.59 Å². The second-order valence-electron chi connectivity index (χ2n) is 4.40. The van der Waals surface area contributed by atoms with Crippen LogP contribution < -0.4 is 10.6 Å². The Morgan fingerprint density at radius 3 is 1.82 bits per heavy atom. The largest absolute Gasteiger partial charge is 0.481 e. The summed E-state index contributed by atoms with van der Waals surface area (Å²) in [6.07, 6.45) is 3.37. The molecular formula is C13H24N2O7. The van der Waals surface area contributed by atoms with E-state index in [2.05, 4.69) is 13.8 Å². The fourth-order valence-corrected chi connectivity index (χ4v) is 1.24. The summed E-state index contributed by atoms with van der Waals surface area (Å²) in [5.74, 6) is -3.86. The number of amides is 2. The minimum atomic E-state index is -1.39. The van der Waals surface area contributed by atoms with E-state index in [-0.39, 0.29) is 6.42 Å². The van der Waals surface area contributed by atoms with Crippen LogP contribution in [-0.4, -0.2) is 51.8 Å². The zero-order chi connectivity index (χ0) is 17.5. The van der Waals surface area contributed by atoms with Crippen molar-refractivity contribution >= 4 is 23.9 Å². The summed E-state index contributed by atoms with van der Waals surface area (Å²) in [5, 5.41) is 29.1. The van der Waals surface area contributed by atoms with Gasteiger partial charge in [-0.25, -0.2) is 9.59 Å². The number of carbonyl (C=O) groups is 4. The van der Waals surface area contributed by atoms with Crippen molar-refractivity contribution < 1.29 is 34.5 Å². The number of aliphatic carboxylic acids is 3. The highest BCUT2D eigenvalue weighted by Crippen LogP contribution is 1.97. The van der Waals surface area contributed by atoms with Gasteiger partial charge >= 0.3 is 23.9 Å². The first-order chi connectivity index (χ1) is 10.2. The summed E-state index contributed by atoms with van der Waals surface area (Å²) in [6, 6.07) is -2.36. The lowest BCUT2D eigenvalue weighted by Gasteiger charge is -2.13. The molecule has 0 unspecified atom stereocenters. The quantitative estimate of drug-likeness (QED) is 0.422. The molecular weight excluding hydrogens is 296 g/mol. The Labute approximate surface area is 128 Å². The number of carboxylic acid groups (broad SMARTS) is 3. The van der Waals surface area contributed by atoms with Crippen molar-refractivity contribution in [3.05, 3.63) is 0 Å². The van der Waals surface area contributed by atoms with Gasteiger partial charge in [-0.15, -0.1) is 0 Å². The predicted octanol–water partition coefficient (Wildman–Crippen LogP) is 0.885. The monoisotopic (exact) mass is 320 g/mol. The first-order valence-corrected chi connectivity index (χ1v) is 6.95. The van der Waals surface area contributed by atoms with Crippen LogP contribution in [0.25, 0.3) is 0 Å². The van der Waals surface area contributed by atoms with Gasteiger partial charge in [0.25, 0.3) is 0 Å². The van der Waals surface area contributed by atoms with Gasteiger partial charge in [-0.2, -0.15) is 0 Å². The van der Waals surface area contributed by atoms with Crippen LogP contribution in [-0.2, 0) is 14.4 Å². The molecule has 0 fully saturated rings. The summed E-state index contributed by atoms with van der Waals surface area (Å²) >= 11 is 0. The molecule has 5 N–H and O–H groups in total. The molecule has 0 aromatic carbocycles. The van der Waals surface area contributed by atoms with Crippen molar-refractivity contribution in [2.75, 3.05) is 6.54 Å². The molecule has 9 heteroatoms. The third kappa shape index (κ3) is 15.7. The molecule has 0 heterocycles. The molecule has 0 saturated carbocycles. The van der Waals surface area contributed by atoms with E-state index < -0.39 is 42.9 Å². The van der Waals surface area contributed by atoms with Crippen molar-refractivity contribution in [1.82, 2.24) is 10.6 Å². The number of rotatable bonds is 9. The van der Waals surface area contributed by atoms with Gasteiger partial charge in [-0.1, -0.05) is 33.1 Å². The van der Waals surface area contributed by atoms with Crippen molar-refractivity contribution in [2.24, 2.45) is 0 Å². The Kier molecular flexibility index (Phi) is 13.6. The maximum Gasteiger partial charge on any atom is 0.326 e. The standard InChI is InChI=1S/C8H12N2O7.C5H12/c11-5(12)2-1-4(7(15)16)10-8(17)9-3-6(13)14;1-3-5-4-2/h4H,1-3H2,(H,11,12)(H,13,14)(H,15,16)(H2,9,10,17);3-5H2,1-2H3/t4-;/m0./s1. The molecule has 128 valence electrons. The van der Waals surface area contributed by atoms with Gasteiger partial charge in [-0.05, 0) is 6.42 Å². The van der Waals surface area contributed by atoms with Crippen LogP contribution >= 0.6 is 0 Å². The first-order valence-electron chi connectivity index (χ1n) is 6.95. The number of hydrogen-bond acceptors (Lipinski definition) is 4. The van der Waals surface area contributed by atoms with Crippen LogP contribution in [0.3, 0.4) is 0 Å². The number of unbranched alkanes of at least 4 members (excludes halogenated alkanes) is 2. The Balaban J connectivity index is 0. The summed E-state index contributed by atoms with van der Waals surface area (Å²) in [4.78, 5) is 42.0. The molecule has 0 aliphatic rings. The highest BCUT2D eigenvalue weighted by molar-refractivity contribution is 5.84. The van der Waals surface area contributed by atoms with Crippen LogP contribution in [0.1, 0.15) is 46.0 Å². The number of carbonyl (C=O) groups excluding carboxylic acids is 1. The molecule has 0 saturated heterocycles. The summed E-state index contributed by atoms with van der Waals surface area (Å²) in [5.41, 5.74) is 0. The summed E-state index contributed by atoms with van der Waals surface area (Å²) in [6.45, 7) is 3.77. The van der Waals surface area contributed by atoms with E-state index in [0.29, 0.717) is 0 Å². The second-order valence-corrected chi connectivity index (χ2v) is 4.40. The van der Waals surface area contributed by atoms with Crippen molar-refractivity contribution in [3.8, 4) is 0 Å². The zero-order valence-corrected chi connectivity index (χ0v) is 12.8. The lowest BCUT2D eigenvalue weighted by molar-refractivity contribution is -0.140. The molecule has 0 spiro atoms. The number of nitrogens with one attached hydrogen (secondary N) is 2. The molecule has 22 heavy (non-hydrogen) atoms. The molecule has 0 aliphatic heterocycles. The zero-order valence-electron chi connectivity index (χ0n) is 12.8. The van der Waals surface area contributed by atoms with Gasteiger partial charge in [0.05, 0.1) is 0 Å². The normalized spacial score (nSPS) is 10.6. The Hall–Kier alpha value is -2.32. The van der Waals surface area contributed by atoms with Crippen LogP contribution in [0.5, 0.6) is 0 Å². The fraction of sp³-hybridized carbons (Fsp3) is 0.692. The van der Waals surface area contributed by atoms with Gasteiger partial charge in [0.2, 0.25) is 0 Å². The Morgan fingerprint density at radius 1 is 0.955 bits per heavy atom. The van der Waals surface area contributed by atoms with E-state index in [9.17, 15) is 19.2 Å². The third-order valence-electron chi connectivity index (χ3n) is 2.36. The molecule has 0 bridgehead atoms. The van der Waals surface area contributed by atoms with E-state index >= 15 is 0 Å². The minimum absolute atomic E-state index is 0.287. The summed E-state index contributed by atoms with van der Waals surface area (Å²) in [7, 11) is 0. The van der Waals surface area contributed by atoms with Gasteiger partial charge < -0.3 is 26.0 Å². The number of carboxylic acids is 3. The van der Waals surface area contributed by atoms with Crippen LogP contribution in [0.15, 0.2) is 0 Å².